The van der Waals surface area contributed by atoms with Crippen LogP contribution in [0.15, 0.2) is 18.5 Å². The van der Waals surface area contributed by atoms with Crippen LogP contribution in [0.5, 0.6) is 0 Å². The first-order chi connectivity index (χ1) is 11.4. The summed E-state index contributed by atoms with van der Waals surface area (Å²) in [7, 11) is 0. The van der Waals surface area contributed by atoms with Crippen LogP contribution in [0.1, 0.15) is 41.6 Å². The summed E-state index contributed by atoms with van der Waals surface area (Å²) in [5, 5.41) is 8.73. The van der Waals surface area contributed by atoms with E-state index in [4.69, 9.17) is 4.74 Å². The van der Waals surface area contributed by atoms with Crippen LogP contribution in [0.3, 0.4) is 0 Å². The van der Waals surface area contributed by atoms with Crippen LogP contribution in [-0.2, 0) is 11.3 Å². The fourth-order valence-corrected chi connectivity index (χ4v) is 2.98. The fourth-order valence-electron chi connectivity index (χ4n) is 2.98. The molecule has 0 N–H and O–H groups in total. The third-order valence-corrected chi connectivity index (χ3v) is 4.28. The molecule has 0 radical (unpaired) electrons. The van der Waals surface area contributed by atoms with E-state index in [1.165, 1.54) is 0 Å². The first-order valence-electron chi connectivity index (χ1n) is 8.40. The topological polar surface area (TPSA) is 65.2 Å². The third-order valence-electron chi connectivity index (χ3n) is 4.28. The van der Waals surface area contributed by atoms with E-state index in [1.54, 1.807) is 10.9 Å². The third kappa shape index (κ3) is 3.51. The normalized spacial score (nSPS) is 18.4. The molecular formula is C17H25N5O2. The lowest BCUT2D eigenvalue weighted by Crippen LogP contribution is -2.47. The summed E-state index contributed by atoms with van der Waals surface area (Å²) in [5.74, 6) is 0.0172. The SMILES string of the molecule is Cc1cc(C)n(CC2CN(C(=O)c3cnn(C(C)C)c3)CCO2)n1. The van der Waals surface area contributed by atoms with Crippen LogP contribution < -0.4 is 0 Å². The lowest BCUT2D eigenvalue weighted by molar-refractivity contribution is -0.0302. The van der Waals surface area contributed by atoms with Crippen LogP contribution >= 0.6 is 0 Å². The Morgan fingerprint density at radius 3 is 2.83 bits per heavy atom. The zero-order chi connectivity index (χ0) is 17.3. The van der Waals surface area contributed by atoms with Crippen LogP contribution in [0.25, 0.3) is 0 Å². The van der Waals surface area contributed by atoms with E-state index in [-0.39, 0.29) is 18.1 Å². The molecule has 1 saturated heterocycles. The monoisotopic (exact) mass is 331 g/mol. The van der Waals surface area contributed by atoms with Crippen molar-refractivity contribution in [3.8, 4) is 0 Å². The van der Waals surface area contributed by atoms with Gasteiger partial charge in [0.25, 0.3) is 5.91 Å². The van der Waals surface area contributed by atoms with Crippen LogP contribution in [-0.4, -0.2) is 56.2 Å². The maximum Gasteiger partial charge on any atom is 0.257 e. The smallest absolute Gasteiger partial charge is 0.257 e. The number of carbonyl (C=O) groups excluding carboxylic acids is 1. The molecule has 3 rings (SSSR count). The Kier molecular flexibility index (Phi) is 4.71. The number of aromatic nitrogens is 4. The molecule has 7 heteroatoms. The first-order valence-corrected chi connectivity index (χ1v) is 8.40. The number of hydrogen-bond acceptors (Lipinski definition) is 4. The zero-order valence-corrected chi connectivity index (χ0v) is 14.8. The van der Waals surface area contributed by atoms with E-state index in [9.17, 15) is 4.79 Å². The second kappa shape index (κ2) is 6.76. The molecule has 1 aliphatic heterocycles. The summed E-state index contributed by atoms with van der Waals surface area (Å²) >= 11 is 0. The number of carbonyl (C=O) groups is 1. The van der Waals surface area contributed by atoms with Gasteiger partial charge in [0.1, 0.15) is 0 Å². The van der Waals surface area contributed by atoms with Gasteiger partial charge in [0.15, 0.2) is 0 Å². The molecule has 1 atom stereocenters. The molecule has 2 aromatic heterocycles. The Labute approximate surface area is 142 Å². The number of morpholine rings is 1. The fraction of sp³-hybridized carbons (Fsp3) is 0.588. The maximum absolute atomic E-state index is 12.7. The average molecular weight is 331 g/mol. The van der Waals surface area contributed by atoms with Gasteiger partial charge in [0, 0.05) is 31.0 Å². The molecule has 0 saturated carbocycles. The molecule has 3 heterocycles. The van der Waals surface area contributed by atoms with Crippen LogP contribution in [0.4, 0.5) is 0 Å². The number of ether oxygens (including phenoxy) is 1. The maximum atomic E-state index is 12.7. The summed E-state index contributed by atoms with van der Waals surface area (Å²) in [6, 6.07) is 2.29. The predicted octanol–water partition coefficient (Wildman–Crippen LogP) is 1.82. The molecular weight excluding hydrogens is 306 g/mol. The lowest BCUT2D eigenvalue weighted by Gasteiger charge is -2.32. The van der Waals surface area contributed by atoms with Crippen molar-refractivity contribution < 1.29 is 9.53 Å². The van der Waals surface area contributed by atoms with Gasteiger partial charge in [-0.15, -0.1) is 0 Å². The highest BCUT2D eigenvalue weighted by Crippen LogP contribution is 2.14. The lowest BCUT2D eigenvalue weighted by atomic mass is 10.2. The second-order valence-corrected chi connectivity index (χ2v) is 6.66. The van der Waals surface area contributed by atoms with Gasteiger partial charge in [0.05, 0.1) is 36.7 Å². The van der Waals surface area contributed by atoms with Crippen molar-refractivity contribution in [1.29, 1.82) is 0 Å². The second-order valence-electron chi connectivity index (χ2n) is 6.66. The summed E-state index contributed by atoms with van der Waals surface area (Å²) < 4.78 is 9.59. The quantitative estimate of drug-likeness (QED) is 0.857. The van der Waals surface area contributed by atoms with Crippen molar-refractivity contribution in [2.24, 2.45) is 0 Å². The van der Waals surface area contributed by atoms with Gasteiger partial charge in [-0.1, -0.05) is 0 Å². The van der Waals surface area contributed by atoms with Gasteiger partial charge < -0.3 is 9.64 Å². The Hall–Kier alpha value is -2.15. The van der Waals surface area contributed by atoms with Gasteiger partial charge in [-0.3, -0.25) is 14.2 Å². The van der Waals surface area contributed by atoms with Gasteiger partial charge in [-0.05, 0) is 33.8 Å². The van der Waals surface area contributed by atoms with Crippen LogP contribution in [0, 0.1) is 13.8 Å². The van der Waals surface area contributed by atoms with Crippen molar-refractivity contribution in [1.82, 2.24) is 24.5 Å². The van der Waals surface area contributed by atoms with Crippen molar-refractivity contribution in [2.45, 2.75) is 46.4 Å². The van der Waals surface area contributed by atoms with Crippen molar-refractivity contribution in [2.75, 3.05) is 19.7 Å². The summed E-state index contributed by atoms with van der Waals surface area (Å²) in [5.41, 5.74) is 2.74. The summed E-state index contributed by atoms with van der Waals surface area (Å²) in [6.45, 7) is 10.5. The van der Waals surface area contributed by atoms with E-state index >= 15 is 0 Å². The van der Waals surface area contributed by atoms with Gasteiger partial charge in [-0.25, -0.2) is 0 Å². The Morgan fingerprint density at radius 1 is 1.42 bits per heavy atom. The minimum absolute atomic E-state index is 0.0172. The van der Waals surface area contributed by atoms with Crippen molar-refractivity contribution in [3.63, 3.8) is 0 Å². The summed E-state index contributed by atoms with van der Waals surface area (Å²) in [6.07, 6.45) is 3.42. The van der Waals surface area contributed by atoms with E-state index in [1.807, 2.05) is 49.5 Å². The average Bonchev–Trinajstić information content (AvgIpc) is 3.14. The molecule has 0 spiro atoms. The number of rotatable bonds is 4. The molecule has 2 aromatic rings. The molecule has 1 amide bonds. The van der Waals surface area contributed by atoms with Crippen molar-refractivity contribution >= 4 is 5.91 Å². The molecule has 24 heavy (non-hydrogen) atoms. The van der Waals surface area contributed by atoms with Gasteiger partial charge in [-0.2, -0.15) is 10.2 Å². The standard InChI is InChI=1S/C17H25N5O2/c1-12(2)21-9-15(8-18-21)17(23)20-5-6-24-16(10-20)11-22-14(4)7-13(3)19-22/h7-9,12,16H,5-6,10-11H2,1-4H3. The largest absolute Gasteiger partial charge is 0.373 e. The molecule has 7 nitrogen and oxygen atoms in total. The van der Waals surface area contributed by atoms with E-state index < -0.39 is 0 Å². The molecule has 0 bridgehead atoms. The summed E-state index contributed by atoms with van der Waals surface area (Å²) in [4.78, 5) is 14.5. The van der Waals surface area contributed by atoms with E-state index in [0.717, 1.165) is 11.4 Å². The first kappa shape index (κ1) is 16.7. The van der Waals surface area contributed by atoms with E-state index in [0.29, 0.717) is 31.8 Å². The molecule has 1 aliphatic rings. The van der Waals surface area contributed by atoms with Gasteiger partial charge in [0.2, 0.25) is 0 Å². The molecule has 1 fully saturated rings. The number of hydrogen-bond donors (Lipinski definition) is 0. The van der Waals surface area contributed by atoms with E-state index in [2.05, 4.69) is 10.2 Å². The Bertz CT molecular complexity index is 718. The van der Waals surface area contributed by atoms with Gasteiger partial charge >= 0.3 is 0 Å². The predicted molar refractivity (Wildman–Crippen MR) is 90.0 cm³/mol. The molecule has 0 aliphatic carbocycles. The Morgan fingerprint density at radius 2 is 2.21 bits per heavy atom. The van der Waals surface area contributed by atoms with Crippen molar-refractivity contribution in [3.05, 3.63) is 35.4 Å². The molecule has 0 aromatic carbocycles. The molecule has 1 unspecified atom stereocenters. The zero-order valence-electron chi connectivity index (χ0n) is 14.8. The minimum Gasteiger partial charge on any atom is -0.373 e. The number of amides is 1. The highest BCUT2D eigenvalue weighted by molar-refractivity contribution is 5.93. The highest BCUT2D eigenvalue weighted by atomic mass is 16.5. The Balaban J connectivity index is 1.66. The highest BCUT2D eigenvalue weighted by Gasteiger charge is 2.26. The number of aryl methyl sites for hydroxylation is 2. The van der Waals surface area contributed by atoms with Crippen LogP contribution in [0.2, 0.25) is 0 Å². The molecule has 130 valence electrons. The minimum atomic E-state index is -0.0409. The number of nitrogens with zero attached hydrogens (tertiary/aromatic N) is 5.